The summed E-state index contributed by atoms with van der Waals surface area (Å²) in [6.07, 6.45) is 2.00. The van der Waals surface area contributed by atoms with Gasteiger partial charge in [0, 0.05) is 19.8 Å². The number of hydrogen-bond donors (Lipinski definition) is 2. The average molecular weight is 262 g/mol. The highest BCUT2D eigenvalue weighted by Crippen LogP contribution is 2.19. The Morgan fingerprint density at radius 3 is 2.53 bits per heavy atom. The van der Waals surface area contributed by atoms with Crippen molar-refractivity contribution in [2.45, 2.75) is 31.7 Å². The molecule has 1 aromatic carbocycles. The van der Waals surface area contributed by atoms with E-state index < -0.39 is 0 Å². The molecule has 0 atom stereocenters. The molecule has 0 aromatic heterocycles. The van der Waals surface area contributed by atoms with E-state index in [1.165, 1.54) is 5.56 Å². The SMILES string of the molecule is Cc1ccc(CC(=O)NC2(CN)CCOCC2)cc1. The van der Waals surface area contributed by atoms with Crippen LogP contribution in [0.25, 0.3) is 0 Å². The lowest BCUT2D eigenvalue weighted by atomic mass is 9.90. The molecule has 19 heavy (non-hydrogen) atoms. The highest BCUT2D eigenvalue weighted by Gasteiger charge is 2.32. The zero-order chi connectivity index (χ0) is 13.7. The summed E-state index contributed by atoms with van der Waals surface area (Å²) in [7, 11) is 0. The maximum atomic E-state index is 12.1. The Balaban J connectivity index is 1.94. The lowest BCUT2D eigenvalue weighted by molar-refractivity contribution is -0.123. The van der Waals surface area contributed by atoms with Gasteiger partial charge in [-0.3, -0.25) is 4.79 Å². The van der Waals surface area contributed by atoms with Crippen molar-refractivity contribution in [3.05, 3.63) is 35.4 Å². The van der Waals surface area contributed by atoms with E-state index in [4.69, 9.17) is 10.5 Å². The Hall–Kier alpha value is -1.39. The second kappa shape index (κ2) is 6.17. The highest BCUT2D eigenvalue weighted by atomic mass is 16.5. The summed E-state index contributed by atoms with van der Waals surface area (Å²) in [5.74, 6) is 0.0382. The Labute approximate surface area is 114 Å². The molecule has 1 aromatic rings. The number of nitrogens with one attached hydrogen (secondary N) is 1. The molecule has 0 bridgehead atoms. The third-order valence-corrected chi connectivity index (χ3v) is 3.73. The third kappa shape index (κ3) is 3.78. The molecule has 1 heterocycles. The van der Waals surface area contributed by atoms with Gasteiger partial charge >= 0.3 is 0 Å². The minimum Gasteiger partial charge on any atom is -0.381 e. The number of ether oxygens (including phenoxy) is 1. The van der Waals surface area contributed by atoms with Gasteiger partial charge in [-0.15, -0.1) is 0 Å². The first-order valence-corrected chi connectivity index (χ1v) is 6.78. The van der Waals surface area contributed by atoms with Crippen LogP contribution in [0.4, 0.5) is 0 Å². The van der Waals surface area contributed by atoms with Crippen LogP contribution in [0.5, 0.6) is 0 Å². The van der Waals surface area contributed by atoms with Crippen molar-refractivity contribution < 1.29 is 9.53 Å². The molecule has 1 aliphatic rings. The van der Waals surface area contributed by atoms with Gasteiger partial charge in [0.1, 0.15) is 0 Å². The quantitative estimate of drug-likeness (QED) is 0.856. The highest BCUT2D eigenvalue weighted by molar-refractivity contribution is 5.79. The van der Waals surface area contributed by atoms with Crippen molar-refractivity contribution in [2.24, 2.45) is 5.73 Å². The molecular weight excluding hydrogens is 240 g/mol. The number of amides is 1. The first-order valence-electron chi connectivity index (χ1n) is 6.78. The molecule has 0 radical (unpaired) electrons. The molecule has 1 fully saturated rings. The molecule has 0 unspecified atom stereocenters. The molecule has 4 nitrogen and oxygen atoms in total. The summed E-state index contributed by atoms with van der Waals surface area (Å²) in [6, 6.07) is 8.04. The molecule has 4 heteroatoms. The summed E-state index contributed by atoms with van der Waals surface area (Å²) < 4.78 is 5.33. The number of nitrogens with two attached hydrogens (primary N) is 1. The number of benzene rings is 1. The first-order chi connectivity index (χ1) is 9.13. The number of aryl methyl sites for hydroxylation is 1. The largest absolute Gasteiger partial charge is 0.381 e. The van der Waals surface area contributed by atoms with Crippen molar-refractivity contribution in [1.29, 1.82) is 0 Å². The van der Waals surface area contributed by atoms with Gasteiger partial charge in [-0.05, 0) is 25.3 Å². The molecule has 1 saturated heterocycles. The van der Waals surface area contributed by atoms with Gasteiger partial charge in [0.15, 0.2) is 0 Å². The van der Waals surface area contributed by atoms with Gasteiger partial charge < -0.3 is 15.8 Å². The fourth-order valence-corrected chi connectivity index (χ4v) is 2.37. The van der Waals surface area contributed by atoms with Crippen molar-refractivity contribution >= 4 is 5.91 Å². The summed E-state index contributed by atoms with van der Waals surface area (Å²) in [5, 5.41) is 3.10. The van der Waals surface area contributed by atoms with E-state index in [1.807, 2.05) is 31.2 Å². The van der Waals surface area contributed by atoms with E-state index in [0.717, 1.165) is 18.4 Å². The van der Waals surface area contributed by atoms with Gasteiger partial charge in [0.2, 0.25) is 5.91 Å². The van der Waals surface area contributed by atoms with Crippen molar-refractivity contribution in [3.63, 3.8) is 0 Å². The standard InChI is InChI=1S/C15H22N2O2/c1-12-2-4-13(5-3-12)10-14(18)17-15(11-16)6-8-19-9-7-15/h2-5H,6-11,16H2,1H3,(H,17,18). The monoisotopic (exact) mass is 262 g/mol. The number of rotatable bonds is 4. The van der Waals surface area contributed by atoms with Crippen LogP contribution in [0.15, 0.2) is 24.3 Å². The van der Waals surface area contributed by atoms with Crippen LogP contribution in [-0.4, -0.2) is 31.2 Å². The van der Waals surface area contributed by atoms with Crippen LogP contribution in [0, 0.1) is 6.92 Å². The predicted molar refractivity (Wildman–Crippen MR) is 74.9 cm³/mol. The fraction of sp³-hybridized carbons (Fsp3) is 0.533. The topological polar surface area (TPSA) is 64.4 Å². The minimum absolute atomic E-state index is 0.0382. The summed E-state index contributed by atoms with van der Waals surface area (Å²) in [5.41, 5.74) is 7.78. The van der Waals surface area contributed by atoms with E-state index in [1.54, 1.807) is 0 Å². The Bertz CT molecular complexity index is 422. The van der Waals surface area contributed by atoms with E-state index in [-0.39, 0.29) is 11.4 Å². The minimum atomic E-state index is -0.278. The summed E-state index contributed by atoms with van der Waals surface area (Å²) in [4.78, 5) is 12.1. The molecule has 0 spiro atoms. The van der Waals surface area contributed by atoms with Crippen LogP contribution in [0.1, 0.15) is 24.0 Å². The number of carbonyl (C=O) groups is 1. The van der Waals surface area contributed by atoms with Crippen LogP contribution < -0.4 is 11.1 Å². The van der Waals surface area contributed by atoms with Crippen LogP contribution in [0.2, 0.25) is 0 Å². The Morgan fingerprint density at radius 1 is 1.32 bits per heavy atom. The Morgan fingerprint density at radius 2 is 1.95 bits per heavy atom. The van der Waals surface area contributed by atoms with E-state index >= 15 is 0 Å². The molecule has 0 aliphatic carbocycles. The zero-order valence-corrected chi connectivity index (χ0v) is 11.4. The van der Waals surface area contributed by atoms with Crippen LogP contribution >= 0.6 is 0 Å². The predicted octanol–water partition coefficient (Wildman–Crippen LogP) is 1.16. The maximum Gasteiger partial charge on any atom is 0.224 e. The normalized spacial score (nSPS) is 18.0. The van der Waals surface area contributed by atoms with Crippen molar-refractivity contribution in [1.82, 2.24) is 5.32 Å². The van der Waals surface area contributed by atoms with Gasteiger partial charge in [-0.25, -0.2) is 0 Å². The Kier molecular flexibility index (Phi) is 4.56. The lowest BCUT2D eigenvalue weighted by Gasteiger charge is -2.37. The third-order valence-electron chi connectivity index (χ3n) is 3.73. The van der Waals surface area contributed by atoms with E-state index in [0.29, 0.717) is 26.2 Å². The molecule has 2 rings (SSSR count). The fourth-order valence-electron chi connectivity index (χ4n) is 2.37. The van der Waals surface area contributed by atoms with Gasteiger partial charge in [-0.1, -0.05) is 29.8 Å². The average Bonchev–Trinajstić information content (AvgIpc) is 2.42. The number of carbonyl (C=O) groups excluding carboxylic acids is 1. The molecule has 1 aliphatic heterocycles. The van der Waals surface area contributed by atoms with Crippen molar-refractivity contribution in [2.75, 3.05) is 19.8 Å². The second-order valence-corrected chi connectivity index (χ2v) is 5.31. The first kappa shape index (κ1) is 14.0. The smallest absolute Gasteiger partial charge is 0.224 e. The van der Waals surface area contributed by atoms with Crippen molar-refractivity contribution in [3.8, 4) is 0 Å². The van der Waals surface area contributed by atoms with Gasteiger partial charge in [0.05, 0.1) is 12.0 Å². The second-order valence-electron chi connectivity index (χ2n) is 5.31. The van der Waals surface area contributed by atoms with E-state index in [2.05, 4.69) is 5.32 Å². The summed E-state index contributed by atoms with van der Waals surface area (Å²) >= 11 is 0. The summed E-state index contributed by atoms with van der Waals surface area (Å²) in [6.45, 7) is 3.84. The molecule has 0 saturated carbocycles. The van der Waals surface area contributed by atoms with Crippen LogP contribution in [-0.2, 0) is 16.0 Å². The molecular formula is C15H22N2O2. The van der Waals surface area contributed by atoms with Crippen LogP contribution in [0.3, 0.4) is 0 Å². The van der Waals surface area contributed by atoms with E-state index in [9.17, 15) is 4.79 Å². The molecule has 104 valence electrons. The van der Waals surface area contributed by atoms with Gasteiger partial charge in [-0.2, -0.15) is 0 Å². The van der Waals surface area contributed by atoms with Gasteiger partial charge in [0.25, 0.3) is 0 Å². The number of hydrogen-bond acceptors (Lipinski definition) is 3. The molecule has 1 amide bonds. The zero-order valence-electron chi connectivity index (χ0n) is 11.4. The lowest BCUT2D eigenvalue weighted by Crippen LogP contribution is -2.57. The maximum absolute atomic E-state index is 12.1. The molecule has 3 N–H and O–H groups in total.